The minimum Gasteiger partial charge on any atom is -0.495 e. The molecular formula is C15H22N4O2. The number of para-hydroxylation sites is 2. The topological polar surface area (TPSA) is 80.0 Å². The Balaban J connectivity index is 1.77. The van der Waals surface area contributed by atoms with Crippen LogP contribution in [0.3, 0.4) is 0 Å². The fourth-order valence-corrected chi connectivity index (χ4v) is 2.33. The molecule has 0 spiro atoms. The monoisotopic (exact) mass is 290 g/mol. The summed E-state index contributed by atoms with van der Waals surface area (Å²) in [6.07, 6.45) is 2.47. The molecule has 1 amide bonds. The molecule has 1 aromatic carbocycles. The highest BCUT2D eigenvalue weighted by Gasteiger charge is 2.18. The van der Waals surface area contributed by atoms with Gasteiger partial charge in [-0.15, -0.1) is 0 Å². The van der Waals surface area contributed by atoms with Crippen LogP contribution in [0.1, 0.15) is 19.3 Å². The Hall–Kier alpha value is -2.24. The molecule has 0 aromatic heterocycles. The van der Waals surface area contributed by atoms with E-state index >= 15 is 0 Å². The second-order valence-corrected chi connectivity index (χ2v) is 4.93. The highest BCUT2D eigenvalue weighted by molar-refractivity contribution is 5.93. The molecule has 114 valence electrons. The second kappa shape index (κ2) is 7.52. The van der Waals surface area contributed by atoms with Gasteiger partial charge < -0.3 is 20.7 Å². The van der Waals surface area contributed by atoms with Gasteiger partial charge in [-0.1, -0.05) is 12.1 Å². The Morgan fingerprint density at radius 3 is 3.00 bits per heavy atom. The first kappa shape index (κ1) is 15.2. The number of amides is 1. The summed E-state index contributed by atoms with van der Waals surface area (Å²) in [5.74, 6) is 1.32. The number of carbonyl (C=O) groups is 1. The van der Waals surface area contributed by atoms with Crippen LogP contribution < -0.4 is 15.8 Å². The molecule has 1 heterocycles. The second-order valence-electron chi connectivity index (χ2n) is 4.93. The molecule has 1 fully saturated rings. The number of hydrogen-bond acceptors (Lipinski definition) is 3. The van der Waals surface area contributed by atoms with Crippen LogP contribution in [0.5, 0.6) is 5.75 Å². The molecule has 2 rings (SSSR count). The normalized spacial score (nSPS) is 15.4. The number of guanidine groups is 1. The first-order valence-electron chi connectivity index (χ1n) is 7.18. The number of aliphatic imine (C=N–C) groups is 1. The molecule has 0 radical (unpaired) electrons. The number of carbonyl (C=O) groups excluding carboxylic acids is 1. The number of nitrogens with two attached hydrogens (primary N) is 1. The van der Waals surface area contributed by atoms with Gasteiger partial charge in [0.05, 0.1) is 12.8 Å². The summed E-state index contributed by atoms with van der Waals surface area (Å²) in [6, 6.07) is 7.53. The Morgan fingerprint density at radius 2 is 2.29 bits per heavy atom. The predicted molar refractivity (Wildman–Crippen MR) is 83.5 cm³/mol. The van der Waals surface area contributed by atoms with Crippen molar-refractivity contribution in [3.05, 3.63) is 24.3 Å². The van der Waals surface area contributed by atoms with Gasteiger partial charge in [0.15, 0.2) is 5.96 Å². The molecule has 0 bridgehead atoms. The first-order chi connectivity index (χ1) is 10.2. The van der Waals surface area contributed by atoms with Gasteiger partial charge in [0.25, 0.3) is 0 Å². The Morgan fingerprint density at radius 1 is 1.48 bits per heavy atom. The number of anilines is 1. The van der Waals surface area contributed by atoms with Gasteiger partial charge >= 0.3 is 0 Å². The molecule has 6 heteroatoms. The van der Waals surface area contributed by atoms with Crippen LogP contribution >= 0.6 is 0 Å². The molecule has 1 aliphatic heterocycles. The van der Waals surface area contributed by atoms with Crippen molar-refractivity contribution in [2.24, 2.45) is 10.7 Å². The zero-order chi connectivity index (χ0) is 15.1. The summed E-state index contributed by atoms with van der Waals surface area (Å²) >= 11 is 0. The molecule has 0 saturated carbocycles. The molecule has 21 heavy (non-hydrogen) atoms. The number of benzene rings is 1. The minimum atomic E-state index is 0.249. The van der Waals surface area contributed by atoms with E-state index in [0.717, 1.165) is 37.4 Å². The third-order valence-electron chi connectivity index (χ3n) is 3.41. The summed E-state index contributed by atoms with van der Waals surface area (Å²) in [4.78, 5) is 17.6. The number of nitrogens with one attached hydrogen (secondary N) is 1. The number of ether oxygens (including phenoxy) is 1. The number of nitrogens with zero attached hydrogens (tertiary/aromatic N) is 2. The van der Waals surface area contributed by atoms with Gasteiger partial charge in [-0.3, -0.25) is 9.79 Å². The van der Waals surface area contributed by atoms with E-state index in [9.17, 15) is 4.79 Å². The number of likely N-dealkylation sites (tertiary alicyclic amines) is 1. The lowest BCUT2D eigenvalue weighted by Gasteiger charge is -2.14. The van der Waals surface area contributed by atoms with Crippen LogP contribution in [0.25, 0.3) is 0 Å². The summed E-state index contributed by atoms with van der Waals surface area (Å²) in [5, 5.41) is 3.02. The molecule has 1 aromatic rings. The predicted octanol–water partition coefficient (Wildman–Crippen LogP) is 1.43. The van der Waals surface area contributed by atoms with Gasteiger partial charge in [0.1, 0.15) is 5.75 Å². The zero-order valence-corrected chi connectivity index (χ0v) is 12.3. The SMILES string of the molecule is COc1ccccc1NC(N)=NCCCN1CCCC1=O. The summed E-state index contributed by atoms with van der Waals surface area (Å²) in [7, 11) is 1.61. The third-order valence-corrected chi connectivity index (χ3v) is 3.41. The maximum Gasteiger partial charge on any atom is 0.222 e. The quantitative estimate of drug-likeness (QED) is 0.472. The van der Waals surface area contributed by atoms with Gasteiger partial charge in [-0.05, 0) is 25.0 Å². The maximum absolute atomic E-state index is 11.5. The molecular weight excluding hydrogens is 268 g/mol. The van der Waals surface area contributed by atoms with Crippen molar-refractivity contribution in [1.82, 2.24) is 4.90 Å². The van der Waals surface area contributed by atoms with Crippen LogP contribution in [-0.4, -0.2) is 43.5 Å². The molecule has 0 unspecified atom stereocenters. The van der Waals surface area contributed by atoms with Crippen LogP contribution in [0.15, 0.2) is 29.3 Å². The zero-order valence-electron chi connectivity index (χ0n) is 12.3. The Labute approximate surface area is 125 Å². The Kier molecular flexibility index (Phi) is 5.43. The summed E-state index contributed by atoms with van der Waals surface area (Å²) in [6.45, 7) is 2.22. The van der Waals surface area contributed by atoms with Gasteiger partial charge in [0.2, 0.25) is 5.91 Å². The van der Waals surface area contributed by atoms with E-state index in [1.807, 2.05) is 29.2 Å². The smallest absolute Gasteiger partial charge is 0.222 e. The summed E-state index contributed by atoms with van der Waals surface area (Å²) in [5.41, 5.74) is 6.64. The maximum atomic E-state index is 11.5. The van der Waals surface area contributed by atoms with Crippen LogP contribution in [0.4, 0.5) is 5.69 Å². The number of rotatable bonds is 6. The molecule has 0 atom stereocenters. The number of methoxy groups -OCH3 is 1. The van der Waals surface area contributed by atoms with Crippen molar-refractivity contribution < 1.29 is 9.53 Å². The van der Waals surface area contributed by atoms with E-state index in [2.05, 4.69) is 10.3 Å². The average molecular weight is 290 g/mol. The van der Waals surface area contributed by atoms with Crippen LogP contribution in [-0.2, 0) is 4.79 Å². The fraction of sp³-hybridized carbons (Fsp3) is 0.467. The van der Waals surface area contributed by atoms with E-state index in [1.165, 1.54) is 0 Å². The van der Waals surface area contributed by atoms with E-state index in [0.29, 0.717) is 18.9 Å². The fourth-order valence-electron chi connectivity index (χ4n) is 2.33. The van der Waals surface area contributed by atoms with Crippen molar-refractivity contribution in [1.29, 1.82) is 0 Å². The van der Waals surface area contributed by atoms with Crippen molar-refractivity contribution in [3.63, 3.8) is 0 Å². The Bertz CT molecular complexity index is 516. The summed E-state index contributed by atoms with van der Waals surface area (Å²) < 4.78 is 5.23. The molecule has 0 aliphatic carbocycles. The lowest BCUT2D eigenvalue weighted by molar-refractivity contribution is -0.127. The van der Waals surface area contributed by atoms with Gasteiger partial charge in [-0.2, -0.15) is 0 Å². The van der Waals surface area contributed by atoms with Crippen molar-refractivity contribution in [2.45, 2.75) is 19.3 Å². The first-order valence-corrected chi connectivity index (χ1v) is 7.18. The van der Waals surface area contributed by atoms with Crippen LogP contribution in [0.2, 0.25) is 0 Å². The van der Waals surface area contributed by atoms with Gasteiger partial charge in [-0.25, -0.2) is 0 Å². The van der Waals surface area contributed by atoms with E-state index in [1.54, 1.807) is 7.11 Å². The molecule has 3 N–H and O–H groups in total. The minimum absolute atomic E-state index is 0.249. The lowest BCUT2D eigenvalue weighted by atomic mass is 10.3. The highest BCUT2D eigenvalue weighted by Crippen LogP contribution is 2.22. The number of hydrogen-bond donors (Lipinski definition) is 2. The van der Waals surface area contributed by atoms with Crippen molar-refractivity contribution >= 4 is 17.6 Å². The average Bonchev–Trinajstić information content (AvgIpc) is 2.89. The molecule has 6 nitrogen and oxygen atoms in total. The van der Waals surface area contributed by atoms with Crippen LogP contribution in [0, 0.1) is 0 Å². The third kappa shape index (κ3) is 4.37. The van der Waals surface area contributed by atoms with Crippen molar-refractivity contribution in [2.75, 3.05) is 32.1 Å². The van der Waals surface area contributed by atoms with Crippen molar-refractivity contribution in [3.8, 4) is 5.75 Å². The van der Waals surface area contributed by atoms with E-state index in [-0.39, 0.29) is 5.91 Å². The largest absolute Gasteiger partial charge is 0.495 e. The van der Waals surface area contributed by atoms with E-state index < -0.39 is 0 Å². The van der Waals surface area contributed by atoms with E-state index in [4.69, 9.17) is 10.5 Å². The lowest BCUT2D eigenvalue weighted by Crippen LogP contribution is -2.27. The van der Waals surface area contributed by atoms with Gasteiger partial charge in [0, 0.05) is 26.1 Å². The highest BCUT2D eigenvalue weighted by atomic mass is 16.5. The standard InChI is InChI=1S/C15H22N4O2/c1-21-13-7-3-2-6-12(13)18-15(16)17-9-5-11-19-10-4-8-14(19)20/h2-3,6-7H,4-5,8-11H2,1H3,(H3,16,17,18). The molecule has 1 saturated heterocycles. The molecule has 1 aliphatic rings.